The number of carbonyl (C=O) groups excluding carboxylic acids is 2. The number of amides is 2. The summed E-state index contributed by atoms with van der Waals surface area (Å²) in [6, 6.07) is 5.00. The number of rotatable bonds is 7. The molecule has 1 N–H and O–H groups in total. The van der Waals surface area contributed by atoms with Crippen molar-refractivity contribution in [3.05, 3.63) is 36.4 Å². The van der Waals surface area contributed by atoms with Crippen LogP contribution in [0.4, 0.5) is 5.69 Å². The second kappa shape index (κ2) is 8.09. The lowest BCUT2D eigenvalue weighted by Crippen LogP contribution is -2.22. The summed E-state index contributed by atoms with van der Waals surface area (Å²) >= 11 is 0. The van der Waals surface area contributed by atoms with E-state index in [0.29, 0.717) is 36.4 Å². The van der Waals surface area contributed by atoms with Crippen molar-refractivity contribution in [2.45, 2.75) is 19.4 Å². The topological polar surface area (TPSA) is 89.3 Å². The zero-order valence-electron chi connectivity index (χ0n) is 14.0. The van der Waals surface area contributed by atoms with Gasteiger partial charge < -0.3 is 15.0 Å². The number of benzene rings is 1. The highest BCUT2D eigenvalue weighted by Crippen LogP contribution is 2.23. The maximum absolute atomic E-state index is 12.2. The van der Waals surface area contributed by atoms with Gasteiger partial charge in [0, 0.05) is 32.7 Å². The van der Waals surface area contributed by atoms with Crippen molar-refractivity contribution >= 4 is 17.5 Å². The van der Waals surface area contributed by atoms with Gasteiger partial charge in [-0.2, -0.15) is 5.10 Å². The molecule has 24 heavy (non-hydrogen) atoms. The average molecular weight is 331 g/mol. The minimum Gasteiger partial charge on any atom is -0.496 e. The maximum atomic E-state index is 12.2. The lowest BCUT2D eigenvalue weighted by molar-refractivity contribution is -0.116. The smallest absolute Gasteiger partial charge is 0.257 e. The predicted molar refractivity (Wildman–Crippen MR) is 88.9 cm³/mol. The summed E-state index contributed by atoms with van der Waals surface area (Å²) in [6.45, 7) is 0.625. The standard InChI is InChI=1S/C16H21N5O3/c1-20(2)16(23)13-9-12(6-7-14(13)24-3)19-15(22)5-4-8-21-11-17-10-18-21/h6-7,9-11H,4-5,8H2,1-3H3,(H,19,22). The molecule has 0 aliphatic rings. The van der Waals surface area contributed by atoms with Gasteiger partial charge in [0.1, 0.15) is 18.4 Å². The highest BCUT2D eigenvalue weighted by atomic mass is 16.5. The van der Waals surface area contributed by atoms with Crippen LogP contribution >= 0.6 is 0 Å². The Morgan fingerprint density at radius 1 is 1.33 bits per heavy atom. The molecule has 2 rings (SSSR count). The fourth-order valence-electron chi connectivity index (χ4n) is 2.17. The highest BCUT2D eigenvalue weighted by Gasteiger charge is 2.15. The van der Waals surface area contributed by atoms with Crippen LogP contribution in [-0.2, 0) is 11.3 Å². The average Bonchev–Trinajstić information content (AvgIpc) is 3.07. The largest absolute Gasteiger partial charge is 0.496 e. The van der Waals surface area contributed by atoms with Crippen molar-refractivity contribution < 1.29 is 14.3 Å². The van der Waals surface area contributed by atoms with Gasteiger partial charge in [0.25, 0.3) is 5.91 Å². The second-order valence-corrected chi connectivity index (χ2v) is 5.42. The first kappa shape index (κ1) is 17.5. The van der Waals surface area contributed by atoms with Crippen molar-refractivity contribution in [3.63, 3.8) is 0 Å². The zero-order valence-corrected chi connectivity index (χ0v) is 14.0. The number of anilines is 1. The third-order valence-electron chi connectivity index (χ3n) is 3.38. The molecule has 8 heteroatoms. The Hall–Kier alpha value is -2.90. The summed E-state index contributed by atoms with van der Waals surface area (Å²) in [5, 5.41) is 6.78. The second-order valence-electron chi connectivity index (χ2n) is 5.42. The SMILES string of the molecule is COc1ccc(NC(=O)CCCn2cncn2)cc1C(=O)N(C)C. The Kier molecular flexibility index (Phi) is 5.89. The molecule has 0 atom stereocenters. The van der Waals surface area contributed by atoms with Crippen LogP contribution in [0.15, 0.2) is 30.9 Å². The summed E-state index contributed by atoms with van der Waals surface area (Å²) in [5.74, 6) is 0.163. The highest BCUT2D eigenvalue weighted by molar-refractivity contribution is 5.99. The number of methoxy groups -OCH3 is 1. The van der Waals surface area contributed by atoms with Gasteiger partial charge >= 0.3 is 0 Å². The first-order valence-electron chi connectivity index (χ1n) is 7.53. The summed E-state index contributed by atoms with van der Waals surface area (Å²) < 4.78 is 6.88. The molecule has 0 bridgehead atoms. The molecule has 2 aromatic rings. The molecule has 0 aliphatic carbocycles. The van der Waals surface area contributed by atoms with Gasteiger partial charge in [-0.3, -0.25) is 14.3 Å². The molecule has 0 radical (unpaired) electrons. The number of hydrogen-bond donors (Lipinski definition) is 1. The first-order chi connectivity index (χ1) is 11.5. The van der Waals surface area contributed by atoms with Crippen LogP contribution in [0.2, 0.25) is 0 Å². The number of aryl methyl sites for hydroxylation is 1. The fraction of sp³-hybridized carbons (Fsp3) is 0.375. The van der Waals surface area contributed by atoms with Gasteiger partial charge in [0.15, 0.2) is 0 Å². The van der Waals surface area contributed by atoms with E-state index in [4.69, 9.17) is 4.74 Å². The number of hydrogen-bond acceptors (Lipinski definition) is 5. The first-order valence-corrected chi connectivity index (χ1v) is 7.53. The fourth-order valence-corrected chi connectivity index (χ4v) is 2.17. The molecule has 128 valence electrons. The minimum atomic E-state index is -0.186. The molecule has 2 amide bonds. The van der Waals surface area contributed by atoms with Gasteiger partial charge in [-0.05, 0) is 24.6 Å². The van der Waals surface area contributed by atoms with Crippen LogP contribution < -0.4 is 10.1 Å². The zero-order chi connectivity index (χ0) is 17.5. The van der Waals surface area contributed by atoms with Crippen molar-refractivity contribution in [3.8, 4) is 5.75 Å². The number of nitrogens with zero attached hydrogens (tertiary/aromatic N) is 4. The van der Waals surface area contributed by atoms with E-state index in [0.717, 1.165) is 0 Å². The van der Waals surface area contributed by atoms with Crippen LogP contribution in [0.1, 0.15) is 23.2 Å². The Balaban J connectivity index is 1.97. The molecule has 0 spiro atoms. The van der Waals surface area contributed by atoms with Crippen LogP contribution in [0.3, 0.4) is 0 Å². The van der Waals surface area contributed by atoms with Gasteiger partial charge in [-0.1, -0.05) is 0 Å². The minimum absolute atomic E-state index is 0.122. The molecule has 1 aromatic heterocycles. The summed E-state index contributed by atoms with van der Waals surface area (Å²) in [5.41, 5.74) is 0.967. The molecule has 1 aromatic carbocycles. The molecule has 0 saturated carbocycles. The Bertz CT molecular complexity index is 698. The summed E-state index contributed by atoms with van der Waals surface area (Å²) in [6.07, 6.45) is 4.07. The lowest BCUT2D eigenvalue weighted by Gasteiger charge is -2.15. The van der Waals surface area contributed by atoms with Crippen molar-refractivity contribution in [2.24, 2.45) is 0 Å². The van der Waals surface area contributed by atoms with Crippen LogP contribution in [-0.4, -0.2) is 52.7 Å². The van der Waals surface area contributed by atoms with Crippen LogP contribution in [0.25, 0.3) is 0 Å². The van der Waals surface area contributed by atoms with Crippen molar-refractivity contribution in [1.29, 1.82) is 0 Å². The van der Waals surface area contributed by atoms with Crippen LogP contribution in [0, 0.1) is 0 Å². The number of ether oxygens (including phenoxy) is 1. The van der Waals surface area contributed by atoms with Gasteiger partial charge in [0.05, 0.1) is 12.7 Å². The van der Waals surface area contributed by atoms with E-state index in [1.807, 2.05) is 0 Å². The van der Waals surface area contributed by atoms with E-state index in [2.05, 4.69) is 15.4 Å². The number of nitrogens with one attached hydrogen (secondary N) is 1. The third-order valence-corrected chi connectivity index (χ3v) is 3.38. The Morgan fingerprint density at radius 3 is 2.75 bits per heavy atom. The van der Waals surface area contributed by atoms with E-state index < -0.39 is 0 Å². The quantitative estimate of drug-likeness (QED) is 0.828. The van der Waals surface area contributed by atoms with E-state index in [1.54, 1.807) is 43.3 Å². The van der Waals surface area contributed by atoms with E-state index in [-0.39, 0.29) is 11.8 Å². The Labute approximate surface area is 140 Å². The van der Waals surface area contributed by atoms with Gasteiger partial charge in [-0.25, -0.2) is 4.98 Å². The summed E-state index contributed by atoms with van der Waals surface area (Å²) in [7, 11) is 4.83. The normalized spacial score (nSPS) is 10.3. The summed E-state index contributed by atoms with van der Waals surface area (Å²) in [4.78, 5) is 29.5. The monoisotopic (exact) mass is 331 g/mol. The molecule has 8 nitrogen and oxygen atoms in total. The predicted octanol–water partition coefficient (Wildman–Crippen LogP) is 1.41. The molecular weight excluding hydrogens is 310 g/mol. The Morgan fingerprint density at radius 2 is 2.12 bits per heavy atom. The third kappa shape index (κ3) is 4.55. The van der Waals surface area contributed by atoms with E-state index in [1.165, 1.54) is 18.3 Å². The van der Waals surface area contributed by atoms with Gasteiger partial charge in [-0.15, -0.1) is 0 Å². The molecule has 0 saturated heterocycles. The lowest BCUT2D eigenvalue weighted by atomic mass is 10.1. The van der Waals surface area contributed by atoms with Crippen molar-refractivity contribution in [2.75, 3.05) is 26.5 Å². The molecule has 0 unspecified atom stereocenters. The number of aromatic nitrogens is 3. The van der Waals surface area contributed by atoms with Gasteiger partial charge in [0.2, 0.25) is 5.91 Å². The van der Waals surface area contributed by atoms with E-state index >= 15 is 0 Å². The molecule has 0 aliphatic heterocycles. The number of carbonyl (C=O) groups is 2. The molecule has 1 heterocycles. The molecule has 0 fully saturated rings. The van der Waals surface area contributed by atoms with Crippen LogP contribution in [0.5, 0.6) is 5.75 Å². The van der Waals surface area contributed by atoms with E-state index in [9.17, 15) is 9.59 Å². The maximum Gasteiger partial charge on any atom is 0.257 e. The molecular formula is C16H21N5O3. The van der Waals surface area contributed by atoms with Crippen molar-refractivity contribution in [1.82, 2.24) is 19.7 Å².